The number of rotatable bonds is 9. The van der Waals surface area contributed by atoms with Gasteiger partial charge in [-0.1, -0.05) is 64.7 Å². The van der Waals surface area contributed by atoms with Gasteiger partial charge in [-0.2, -0.15) is 6.42 Å². The van der Waals surface area contributed by atoms with Gasteiger partial charge in [0.05, 0.1) is 0 Å². The van der Waals surface area contributed by atoms with E-state index in [0.29, 0.717) is 0 Å². The zero-order valence-electron chi connectivity index (χ0n) is 15.3. The molecule has 0 rings (SSSR count). The summed E-state index contributed by atoms with van der Waals surface area (Å²) < 4.78 is 34.1. The van der Waals surface area contributed by atoms with Gasteiger partial charge in [-0.05, 0) is 0 Å². The molecule has 0 spiro atoms. The van der Waals surface area contributed by atoms with Crippen LogP contribution in [0, 0.1) is 6.92 Å². The first kappa shape index (κ1) is 41.6. The van der Waals surface area contributed by atoms with Gasteiger partial charge in [0.1, 0.15) is 0 Å². The molecule has 0 fully saturated rings. The Labute approximate surface area is 202 Å². The number of hydrogen-bond donors (Lipinski definition) is 1. The second-order valence-corrected chi connectivity index (χ2v) is 6.48. The molecule has 0 aromatic carbocycles. The largest absolute Gasteiger partial charge is 3.00 e. The van der Waals surface area contributed by atoms with Gasteiger partial charge in [-0.3, -0.25) is 8.42 Å². The van der Waals surface area contributed by atoms with Crippen LogP contribution in [0.5, 0.6) is 0 Å². The van der Waals surface area contributed by atoms with Crippen molar-refractivity contribution in [3.63, 3.8) is 0 Å². The minimum Gasteiger partial charge on any atom is -0.861 e. The van der Waals surface area contributed by atoms with E-state index in [1.165, 1.54) is 57.8 Å². The number of hydrogen-bond acceptors (Lipinski definition) is 8. The molecule has 0 unspecified atom stereocenters. The summed E-state index contributed by atoms with van der Waals surface area (Å²) in [5.74, 6) is 0. The van der Waals surface area contributed by atoms with Gasteiger partial charge in [-0.15, -0.1) is 9.05 Å². The van der Waals surface area contributed by atoms with Crippen molar-refractivity contribution in [2.24, 2.45) is 0 Å². The van der Waals surface area contributed by atoms with E-state index in [2.05, 4.69) is 13.8 Å². The molecule has 0 atom stereocenters. The summed E-state index contributed by atoms with van der Waals surface area (Å²) in [6, 6.07) is 0. The van der Waals surface area contributed by atoms with E-state index in [1.807, 2.05) is 0 Å². The summed E-state index contributed by atoms with van der Waals surface area (Å²) in [4.78, 5) is 33.1. The van der Waals surface area contributed by atoms with Crippen molar-refractivity contribution in [1.29, 1.82) is 0 Å². The Bertz CT molecular complexity index is 297. The first-order valence-corrected chi connectivity index (χ1v) is 10.2. The molecular weight excluding hydrogens is 407 g/mol. The third-order valence-corrected chi connectivity index (χ3v) is 2.35. The van der Waals surface area contributed by atoms with Crippen molar-refractivity contribution in [2.75, 3.05) is 0 Å². The summed E-state index contributed by atoms with van der Waals surface area (Å²) in [7, 11) is -10.5. The van der Waals surface area contributed by atoms with E-state index in [0.717, 1.165) is 6.42 Å². The summed E-state index contributed by atoms with van der Waals surface area (Å²) in [6.07, 6.45) is 13.9. The van der Waals surface area contributed by atoms with Crippen molar-refractivity contribution < 1.29 is 66.3 Å². The van der Waals surface area contributed by atoms with Crippen LogP contribution in [0.4, 0.5) is 0 Å². The van der Waals surface area contributed by atoms with Gasteiger partial charge in [0, 0.05) is 10.4 Å². The second-order valence-electron chi connectivity index (χ2n) is 4.61. The normalized spacial score (nSPS) is 9.76. The average Bonchev–Trinajstić information content (AvgIpc) is 2.28. The molecule has 0 aliphatic rings. The molecule has 0 saturated carbocycles. The van der Waals surface area contributed by atoms with E-state index >= 15 is 0 Å². The monoisotopic (exact) mass is 432 g/mol. The van der Waals surface area contributed by atoms with Gasteiger partial charge < -0.3 is 35.2 Å². The van der Waals surface area contributed by atoms with Crippen LogP contribution in [-0.2, 0) is 10.4 Å². The maximum absolute atomic E-state index is 8.69. The molecule has 0 amide bonds. The van der Waals surface area contributed by atoms with Gasteiger partial charge in [0.2, 0.25) is 0 Å². The molecule has 138 valence electrons. The molecule has 0 aliphatic heterocycles. The fraction of sp³-hybridized carbons (Fsp3) is 0.917. The Balaban J connectivity index is -0.0000000592. The summed E-state index contributed by atoms with van der Waals surface area (Å²) in [5, 5.41) is 0. The predicted octanol–water partition coefficient (Wildman–Crippen LogP) is -4.86. The third-order valence-electron chi connectivity index (χ3n) is 2.35. The Hall–Kier alpha value is 2.23. The summed E-state index contributed by atoms with van der Waals surface area (Å²) >= 11 is 0. The molecule has 8 nitrogen and oxygen atoms in total. The van der Waals surface area contributed by atoms with Crippen LogP contribution >= 0.6 is 0 Å². The van der Waals surface area contributed by atoms with E-state index in [-0.39, 0.29) is 70.0 Å². The zero-order valence-corrected chi connectivity index (χ0v) is 21.7. The molecule has 25 heavy (non-hydrogen) atoms. The van der Waals surface area contributed by atoms with Crippen molar-refractivity contribution in [3.8, 4) is 0 Å². The van der Waals surface area contributed by atoms with Crippen LogP contribution in [0.2, 0.25) is 0 Å². The Morgan fingerprint density at radius 2 is 1.08 bits per heavy atom. The molecule has 0 saturated heterocycles. The molecule has 0 aliphatic carbocycles. The molecule has 0 bridgehead atoms. The molecule has 0 aromatic heterocycles. The standard InChI is InChI=1S/C12H25.Al.Mg.Na.H2O4S.HO4Si/c1-3-5-7-9-11-12-10-8-6-4-2;;;;2*1-5(2,3)4/h1,3-12H2,2H3;;;;(H2,1,2,3,4);1H/q-1;+3;+2;+1;;-3/p-2. The van der Waals surface area contributed by atoms with Crippen LogP contribution in [-0.4, -0.2) is 71.8 Å². The third kappa shape index (κ3) is 122. The summed E-state index contributed by atoms with van der Waals surface area (Å²) in [5.41, 5.74) is 0. The van der Waals surface area contributed by atoms with Crippen molar-refractivity contribution >= 4 is 59.9 Å². The van der Waals surface area contributed by atoms with Crippen molar-refractivity contribution in [1.82, 2.24) is 0 Å². The predicted molar refractivity (Wildman–Crippen MR) is 87.2 cm³/mol. The Morgan fingerprint density at radius 3 is 1.28 bits per heavy atom. The van der Waals surface area contributed by atoms with Crippen molar-refractivity contribution in [3.05, 3.63) is 6.92 Å². The first-order chi connectivity index (χ1) is 9.91. The summed E-state index contributed by atoms with van der Waals surface area (Å²) in [6.45, 7) is 6.12. The zero-order chi connectivity index (χ0) is 18.1. The van der Waals surface area contributed by atoms with Gasteiger partial charge in [0.15, 0.2) is 0 Å². The minimum absolute atomic E-state index is 0. The fourth-order valence-electron chi connectivity index (χ4n) is 1.49. The maximum Gasteiger partial charge on any atom is 3.00 e. The van der Waals surface area contributed by atoms with Crippen LogP contribution in [0.15, 0.2) is 0 Å². The van der Waals surface area contributed by atoms with E-state index in [4.69, 9.17) is 36.7 Å². The second kappa shape index (κ2) is 28.4. The molecule has 13 heteroatoms. The van der Waals surface area contributed by atoms with Crippen molar-refractivity contribution in [2.45, 2.75) is 71.1 Å². The molecule has 0 heterocycles. The van der Waals surface area contributed by atoms with Gasteiger partial charge in [0.25, 0.3) is 0 Å². The molecule has 0 radical (unpaired) electrons. The van der Waals surface area contributed by atoms with Gasteiger partial charge in [-0.25, -0.2) is 0 Å². The minimum atomic E-state index is -5.36. The maximum atomic E-state index is 8.69. The molecule has 1 N–H and O–H groups in total. The molecular formula is C12H26AlMgNaO8SSi. The van der Waals surface area contributed by atoms with Crippen LogP contribution in [0.1, 0.15) is 71.1 Å². The topological polar surface area (TPSA) is 170 Å². The van der Waals surface area contributed by atoms with Crippen LogP contribution in [0.25, 0.3) is 0 Å². The smallest absolute Gasteiger partial charge is 0.861 e. The van der Waals surface area contributed by atoms with Crippen LogP contribution in [0.3, 0.4) is 0 Å². The SMILES string of the molecule is O=S(=O)([O-])[O-].[Al+3].[CH2-]CCCCCCCCCCC.[Mg+2].[Na+].[O-][Si]([O-])([O-])O. The molecule has 0 aromatic rings. The Morgan fingerprint density at radius 1 is 0.880 bits per heavy atom. The van der Waals surface area contributed by atoms with Crippen LogP contribution < -0.4 is 43.9 Å². The van der Waals surface area contributed by atoms with E-state index in [1.54, 1.807) is 0 Å². The first-order valence-electron chi connectivity index (χ1n) is 7.21. The van der Waals surface area contributed by atoms with Gasteiger partial charge >= 0.3 is 70.0 Å². The Kier molecular flexibility index (Phi) is 47.3. The fourth-order valence-corrected chi connectivity index (χ4v) is 1.49. The van der Waals surface area contributed by atoms with E-state index in [9.17, 15) is 0 Å². The number of unbranched alkanes of at least 4 members (excludes halogenated alkanes) is 9. The van der Waals surface area contributed by atoms with E-state index < -0.39 is 19.4 Å². The quantitative estimate of drug-likeness (QED) is 0.124. The average molecular weight is 433 g/mol.